The number of carbonyl (C=O) groups is 6. The molecule has 0 saturated heterocycles. The molecule has 4 unspecified atom stereocenters. The van der Waals surface area contributed by atoms with E-state index in [2.05, 4.69) is 23.3 Å². The number of hydrogen-bond donors (Lipinski definition) is 9. The third-order valence-electron chi connectivity index (χ3n) is 3.66. The number of primary amides is 1. The number of thiol groups is 1. The monoisotopic (exact) mass is 451 g/mol. The fourth-order valence-corrected chi connectivity index (χ4v) is 2.28. The first kappa shape index (κ1) is 27.1. The van der Waals surface area contributed by atoms with Crippen molar-refractivity contribution in [1.29, 1.82) is 0 Å². The van der Waals surface area contributed by atoms with Crippen molar-refractivity contribution in [3.05, 3.63) is 0 Å². The number of amides is 4. The van der Waals surface area contributed by atoms with Gasteiger partial charge in [0.2, 0.25) is 23.6 Å². The first-order valence-electron chi connectivity index (χ1n) is 8.54. The number of aliphatic hydroxyl groups excluding tert-OH is 1. The van der Waals surface area contributed by atoms with Gasteiger partial charge in [0.1, 0.15) is 18.1 Å². The molecule has 15 heteroatoms. The van der Waals surface area contributed by atoms with E-state index in [1.54, 1.807) is 0 Å². The van der Waals surface area contributed by atoms with E-state index in [0.29, 0.717) is 0 Å². The zero-order chi connectivity index (χ0) is 23.4. The number of carboxylic acids is 2. The molecule has 0 aliphatic carbocycles. The SMILES string of the molecule is NC(=O)CC(NC(=O)C(CO)NC(=O)C(CS)NC(=O)C(N)CCC(=O)O)C(=O)O. The van der Waals surface area contributed by atoms with E-state index in [1.807, 2.05) is 5.32 Å². The van der Waals surface area contributed by atoms with Gasteiger partial charge in [-0.2, -0.15) is 12.6 Å². The average Bonchev–Trinajstić information content (AvgIpc) is 2.66. The summed E-state index contributed by atoms with van der Waals surface area (Å²) < 4.78 is 0. The summed E-state index contributed by atoms with van der Waals surface area (Å²) >= 11 is 3.90. The Morgan fingerprint density at radius 1 is 0.867 bits per heavy atom. The summed E-state index contributed by atoms with van der Waals surface area (Å²) in [6, 6.07) is -5.78. The summed E-state index contributed by atoms with van der Waals surface area (Å²) in [6.07, 6.45) is -1.26. The van der Waals surface area contributed by atoms with Crippen LogP contribution in [0.4, 0.5) is 0 Å². The van der Waals surface area contributed by atoms with Crippen molar-refractivity contribution in [2.24, 2.45) is 11.5 Å². The highest BCUT2D eigenvalue weighted by molar-refractivity contribution is 7.80. The van der Waals surface area contributed by atoms with Crippen LogP contribution in [0.5, 0.6) is 0 Å². The predicted octanol–water partition coefficient (Wildman–Crippen LogP) is -4.48. The van der Waals surface area contributed by atoms with E-state index in [4.69, 9.17) is 21.7 Å². The lowest BCUT2D eigenvalue weighted by atomic mass is 10.1. The second-order valence-corrected chi connectivity index (χ2v) is 6.46. The highest BCUT2D eigenvalue weighted by Gasteiger charge is 2.30. The smallest absolute Gasteiger partial charge is 0.326 e. The molecule has 0 spiro atoms. The normalized spacial score (nSPS) is 14.5. The average molecular weight is 451 g/mol. The van der Waals surface area contributed by atoms with Crippen molar-refractivity contribution < 1.29 is 44.1 Å². The maximum absolute atomic E-state index is 12.3. The molecule has 0 aromatic rings. The lowest BCUT2D eigenvalue weighted by molar-refractivity contribution is -0.144. The minimum atomic E-state index is -1.67. The van der Waals surface area contributed by atoms with Crippen molar-refractivity contribution in [3.8, 4) is 0 Å². The maximum Gasteiger partial charge on any atom is 0.326 e. The van der Waals surface area contributed by atoms with E-state index < -0.39 is 72.8 Å². The zero-order valence-electron chi connectivity index (χ0n) is 15.7. The van der Waals surface area contributed by atoms with Crippen LogP contribution in [0.1, 0.15) is 19.3 Å². The molecule has 0 heterocycles. The molecule has 10 N–H and O–H groups in total. The number of nitrogens with two attached hydrogens (primary N) is 2. The van der Waals surface area contributed by atoms with Crippen molar-refractivity contribution in [1.82, 2.24) is 16.0 Å². The van der Waals surface area contributed by atoms with Gasteiger partial charge in [-0.05, 0) is 6.42 Å². The Kier molecular flexibility index (Phi) is 12.0. The third-order valence-corrected chi connectivity index (χ3v) is 4.02. The molecule has 14 nitrogen and oxygen atoms in total. The molecule has 0 radical (unpaired) electrons. The number of carbonyl (C=O) groups excluding carboxylic acids is 4. The molecular formula is C15H25N5O9S. The van der Waals surface area contributed by atoms with Gasteiger partial charge in [0, 0.05) is 12.2 Å². The molecule has 0 aromatic heterocycles. The predicted molar refractivity (Wildman–Crippen MR) is 103 cm³/mol. The zero-order valence-corrected chi connectivity index (χ0v) is 16.6. The maximum atomic E-state index is 12.3. The van der Waals surface area contributed by atoms with Gasteiger partial charge in [-0.3, -0.25) is 24.0 Å². The quantitative estimate of drug-likeness (QED) is 0.114. The first-order chi connectivity index (χ1) is 13.9. The molecular weight excluding hydrogens is 426 g/mol. The summed E-state index contributed by atoms with van der Waals surface area (Å²) in [7, 11) is 0. The lowest BCUT2D eigenvalue weighted by Gasteiger charge is -2.23. The van der Waals surface area contributed by atoms with Crippen LogP contribution in [0.3, 0.4) is 0 Å². The number of rotatable bonds is 14. The summed E-state index contributed by atoms with van der Waals surface area (Å²) in [4.78, 5) is 68.8. The third kappa shape index (κ3) is 10.0. The van der Waals surface area contributed by atoms with Gasteiger partial charge in [-0.1, -0.05) is 0 Å². The molecule has 0 fully saturated rings. The molecule has 0 aliphatic rings. The second-order valence-electron chi connectivity index (χ2n) is 6.10. The summed E-state index contributed by atoms with van der Waals surface area (Å²) in [6.45, 7) is -0.925. The topological polar surface area (TPSA) is 251 Å². The van der Waals surface area contributed by atoms with Gasteiger partial charge in [0.25, 0.3) is 0 Å². The molecule has 0 rings (SSSR count). The van der Waals surface area contributed by atoms with Crippen molar-refractivity contribution in [2.45, 2.75) is 43.4 Å². The Labute approximate surface area is 176 Å². The van der Waals surface area contributed by atoms with Gasteiger partial charge < -0.3 is 42.7 Å². The fraction of sp³-hybridized carbons (Fsp3) is 0.600. The standard InChI is InChI=1S/C15H25N5O9S/c16-6(1-2-11(23)24)12(25)20-9(5-30)14(27)19-8(4-21)13(26)18-7(15(28)29)3-10(17)22/h6-9,21,30H,1-5,16H2,(H2,17,22)(H,18,26)(H,19,27)(H,20,25)(H,23,24)(H,28,29). The lowest BCUT2D eigenvalue weighted by Crippen LogP contribution is -2.58. The number of aliphatic hydroxyl groups is 1. The molecule has 0 saturated carbocycles. The van der Waals surface area contributed by atoms with Crippen LogP contribution >= 0.6 is 12.6 Å². The van der Waals surface area contributed by atoms with Crippen LogP contribution in [0.2, 0.25) is 0 Å². The van der Waals surface area contributed by atoms with Gasteiger partial charge in [0.15, 0.2) is 0 Å². The molecule has 0 aromatic carbocycles. The molecule has 4 atom stereocenters. The molecule has 170 valence electrons. The summed E-state index contributed by atoms with van der Waals surface area (Å²) in [5.74, 6) is -6.83. The number of nitrogens with one attached hydrogen (secondary N) is 3. The van der Waals surface area contributed by atoms with Gasteiger partial charge in [0.05, 0.1) is 19.1 Å². The second kappa shape index (κ2) is 13.3. The van der Waals surface area contributed by atoms with E-state index in [1.165, 1.54) is 0 Å². The summed E-state index contributed by atoms with van der Waals surface area (Å²) in [5, 5.41) is 33.2. The Bertz CT molecular complexity index is 675. The Morgan fingerprint density at radius 3 is 1.80 bits per heavy atom. The van der Waals surface area contributed by atoms with Crippen LogP contribution < -0.4 is 27.4 Å². The van der Waals surface area contributed by atoms with E-state index in [9.17, 15) is 33.9 Å². The Balaban J connectivity index is 4.97. The van der Waals surface area contributed by atoms with Gasteiger partial charge in [-0.15, -0.1) is 0 Å². The van der Waals surface area contributed by atoms with Gasteiger partial charge >= 0.3 is 11.9 Å². The minimum Gasteiger partial charge on any atom is -0.481 e. The molecule has 4 amide bonds. The van der Waals surface area contributed by atoms with E-state index >= 15 is 0 Å². The molecule has 0 aliphatic heterocycles. The number of aliphatic carboxylic acids is 2. The fourth-order valence-electron chi connectivity index (χ4n) is 2.02. The van der Waals surface area contributed by atoms with E-state index in [-0.39, 0.29) is 18.6 Å². The van der Waals surface area contributed by atoms with Crippen molar-refractivity contribution >= 4 is 48.2 Å². The Morgan fingerprint density at radius 2 is 1.37 bits per heavy atom. The highest BCUT2D eigenvalue weighted by atomic mass is 32.1. The molecule has 0 bridgehead atoms. The van der Waals surface area contributed by atoms with Crippen molar-refractivity contribution in [2.75, 3.05) is 12.4 Å². The molecule has 30 heavy (non-hydrogen) atoms. The number of carboxylic acid groups (broad SMARTS) is 2. The van der Waals surface area contributed by atoms with Gasteiger partial charge in [-0.25, -0.2) is 4.79 Å². The van der Waals surface area contributed by atoms with E-state index in [0.717, 1.165) is 0 Å². The van der Waals surface area contributed by atoms with Crippen LogP contribution in [0.15, 0.2) is 0 Å². The van der Waals surface area contributed by atoms with Crippen LogP contribution in [-0.4, -0.2) is 87.4 Å². The van der Waals surface area contributed by atoms with Crippen LogP contribution in [0, 0.1) is 0 Å². The van der Waals surface area contributed by atoms with Crippen LogP contribution in [-0.2, 0) is 28.8 Å². The highest BCUT2D eigenvalue weighted by Crippen LogP contribution is 1.99. The number of hydrogen-bond acceptors (Lipinski definition) is 9. The summed E-state index contributed by atoms with van der Waals surface area (Å²) in [5.41, 5.74) is 10.4. The minimum absolute atomic E-state index is 0.180. The van der Waals surface area contributed by atoms with Crippen LogP contribution in [0.25, 0.3) is 0 Å². The Hall–Kier alpha value is -2.91. The van der Waals surface area contributed by atoms with Crippen molar-refractivity contribution in [3.63, 3.8) is 0 Å². The largest absolute Gasteiger partial charge is 0.481 e. The first-order valence-corrected chi connectivity index (χ1v) is 9.17.